The Kier molecular flexibility index (Phi) is 7.18. The average Bonchev–Trinajstić information content (AvgIpc) is 3.56. The molecule has 1 aromatic heterocycles. The van der Waals surface area contributed by atoms with Gasteiger partial charge in [-0.05, 0) is 123 Å². The molecule has 0 saturated carbocycles. The van der Waals surface area contributed by atoms with E-state index in [2.05, 4.69) is 164 Å². The van der Waals surface area contributed by atoms with E-state index < -0.39 is 0 Å². The minimum atomic E-state index is -0.0458. The maximum absolute atomic E-state index is 2.55. The topological polar surface area (TPSA) is 3.24 Å². The molecule has 1 unspecified atom stereocenters. The molecule has 0 bridgehead atoms. The quantitative estimate of drug-likeness (QED) is 0.176. The Balaban J connectivity index is 0.983. The number of fused-ring (bicyclic) bond motifs is 5. The summed E-state index contributed by atoms with van der Waals surface area (Å²) in [5.74, 6) is 0. The third kappa shape index (κ3) is 4.88. The fraction of sp³-hybridized carbons (Fsp3) is 0.184. The molecule has 6 aromatic rings. The molecule has 0 spiro atoms. The van der Waals surface area contributed by atoms with Gasteiger partial charge >= 0.3 is 0 Å². The maximum atomic E-state index is 2.55. The number of benzene rings is 5. The highest BCUT2D eigenvalue weighted by Gasteiger charge is 2.34. The highest BCUT2D eigenvalue weighted by atomic mass is 32.1. The first-order valence-electron chi connectivity index (χ1n) is 18.6. The van der Waals surface area contributed by atoms with Crippen LogP contribution in [0.3, 0.4) is 0 Å². The van der Waals surface area contributed by atoms with Crippen molar-refractivity contribution in [3.8, 4) is 22.3 Å². The number of nitrogens with zero attached hydrogens (tertiary/aromatic N) is 1. The highest BCUT2D eigenvalue weighted by Crippen LogP contribution is 2.50. The van der Waals surface area contributed by atoms with Gasteiger partial charge in [0, 0.05) is 26.6 Å². The molecule has 248 valence electrons. The molecule has 1 heterocycles. The molecule has 1 nitrogen and oxygen atoms in total. The van der Waals surface area contributed by atoms with Crippen LogP contribution < -0.4 is 4.90 Å². The summed E-state index contributed by atoms with van der Waals surface area (Å²) in [5, 5.41) is 2.75. The van der Waals surface area contributed by atoms with E-state index >= 15 is 0 Å². The van der Waals surface area contributed by atoms with E-state index in [0.717, 1.165) is 32.1 Å². The SMILES string of the molecule is CC1(C)c2ccccc2-c2ccc(-c3ccc(C4=CCCc5c4sc4c5CC(N(C5=CCCC=C5)c5ccccc5)C=C4)cc3)c3cccc1c23. The molecule has 4 aliphatic carbocycles. The van der Waals surface area contributed by atoms with E-state index in [-0.39, 0.29) is 5.41 Å². The molecular formula is C49H41NS. The van der Waals surface area contributed by atoms with Gasteiger partial charge in [-0.1, -0.05) is 135 Å². The van der Waals surface area contributed by atoms with Crippen LogP contribution in [0.5, 0.6) is 0 Å². The van der Waals surface area contributed by atoms with Crippen molar-refractivity contribution < 1.29 is 0 Å². The second kappa shape index (κ2) is 12.0. The predicted molar refractivity (Wildman–Crippen MR) is 219 cm³/mol. The molecule has 0 N–H and O–H groups in total. The third-order valence-corrected chi connectivity index (χ3v) is 13.0. The van der Waals surface area contributed by atoms with Crippen LogP contribution >= 0.6 is 11.3 Å². The van der Waals surface area contributed by atoms with Crippen molar-refractivity contribution in [2.24, 2.45) is 0 Å². The third-order valence-electron chi connectivity index (χ3n) is 11.7. The van der Waals surface area contributed by atoms with Gasteiger partial charge in [-0.15, -0.1) is 11.3 Å². The molecule has 51 heavy (non-hydrogen) atoms. The zero-order valence-electron chi connectivity index (χ0n) is 29.3. The number of para-hydroxylation sites is 1. The summed E-state index contributed by atoms with van der Waals surface area (Å²) in [5.41, 5.74) is 16.5. The van der Waals surface area contributed by atoms with E-state index in [1.54, 1.807) is 11.1 Å². The first-order valence-corrected chi connectivity index (χ1v) is 19.4. The summed E-state index contributed by atoms with van der Waals surface area (Å²) >= 11 is 1.99. The lowest BCUT2D eigenvalue weighted by atomic mass is 9.68. The number of allylic oxidation sites excluding steroid dienone is 4. The van der Waals surface area contributed by atoms with Gasteiger partial charge in [-0.3, -0.25) is 0 Å². The molecule has 4 aliphatic rings. The number of hydrogen-bond donors (Lipinski definition) is 0. The molecule has 0 amide bonds. The van der Waals surface area contributed by atoms with Gasteiger partial charge in [0.15, 0.2) is 0 Å². The summed E-state index contributed by atoms with van der Waals surface area (Å²) < 4.78 is 0. The van der Waals surface area contributed by atoms with Crippen molar-refractivity contribution in [3.05, 3.63) is 183 Å². The van der Waals surface area contributed by atoms with Gasteiger partial charge in [0.1, 0.15) is 0 Å². The van der Waals surface area contributed by atoms with Crippen LogP contribution in [0.25, 0.3) is 44.7 Å². The van der Waals surface area contributed by atoms with E-state index in [0.29, 0.717) is 6.04 Å². The Hall–Kier alpha value is -5.18. The van der Waals surface area contributed by atoms with E-state index in [9.17, 15) is 0 Å². The lowest BCUT2D eigenvalue weighted by molar-refractivity contribution is 0.645. The van der Waals surface area contributed by atoms with Crippen LogP contribution in [0.1, 0.15) is 70.7 Å². The molecule has 0 fully saturated rings. The van der Waals surface area contributed by atoms with Crippen molar-refractivity contribution in [2.75, 3.05) is 4.90 Å². The zero-order valence-corrected chi connectivity index (χ0v) is 30.1. The summed E-state index contributed by atoms with van der Waals surface area (Å²) in [6.45, 7) is 4.75. The fourth-order valence-electron chi connectivity index (χ4n) is 9.25. The number of anilines is 1. The van der Waals surface area contributed by atoms with E-state index in [4.69, 9.17) is 0 Å². The molecule has 10 rings (SSSR count). The summed E-state index contributed by atoms with van der Waals surface area (Å²) in [6.07, 6.45) is 19.9. The van der Waals surface area contributed by atoms with Gasteiger partial charge in [-0.2, -0.15) is 0 Å². The molecule has 5 aromatic carbocycles. The van der Waals surface area contributed by atoms with Crippen molar-refractivity contribution in [1.82, 2.24) is 0 Å². The smallest absolute Gasteiger partial charge is 0.0566 e. The monoisotopic (exact) mass is 675 g/mol. The largest absolute Gasteiger partial charge is 0.334 e. The lowest BCUT2D eigenvalue weighted by Gasteiger charge is -2.35. The Morgan fingerprint density at radius 3 is 2.27 bits per heavy atom. The number of thiophene rings is 1. The van der Waals surface area contributed by atoms with Crippen LogP contribution in [-0.2, 0) is 18.3 Å². The fourth-order valence-corrected chi connectivity index (χ4v) is 10.6. The average molecular weight is 676 g/mol. The standard InChI is InChI=1S/C49H41NS/c1-49(2)44-21-10-9-17-39(44)41-29-28-37(40-19-12-22-45(49)47(40)41)32-23-25-33(26-24-32)38-18-11-20-42-43-31-36(27-30-46(43)51-48(38)42)50(34-13-5-3-6-14-34)35-15-7-4-8-16-35/h3,5-7,9-10,12-19,21-30,36H,4,8,11,20,31H2,1-2H3. The van der Waals surface area contributed by atoms with Gasteiger partial charge in [0.25, 0.3) is 0 Å². The minimum Gasteiger partial charge on any atom is -0.334 e. The minimum absolute atomic E-state index is 0.0458. The van der Waals surface area contributed by atoms with Gasteiger partial charge in [0.05, 0.1) is 6.04 Å². The lowest BCUT2D eigenvalue weighted by Crippen LogP contribution is -2.36. The summed E-state index contributed by atoms with van der Waals surface area (Å²) in [6, 6.07) is 41.2. The van der Waals surface area contributed by atoms with Crippen LogP contribution in [0.2, 0.25) is 0 Å². The predicted octanol–water partition coefficient (Wildman–Crippen LogP) is 12.9. The Morgan fingerprint density at radius 1 is 0.647 bits per heavy atom. The molecule has 1 atom stereocenters. The molecule has 0 radical (unpaired) electrons. The number of hydrogen-bond acceptors (Lipinski definition) is 2. The number of rotatable bonds is 5. The molecule has 0 aliphatic heterocycles. The Labute approximate surface area is 305 Å². The molecule has 0 saturated heterocycles. The van der Waals surface area contributed by atoms with Gasteiger partial charge in [0.2, 0.25) is 0 Å². The zero-order chi connectivity index (χ0) is 34.1. The second-order valence-electron chi connectivity index (χ2n) is 15.0. The summed E-state index contributed by atoms with van der Waals surface area (Å²) in [4.78, 5) is 5.46. The molecular weight excluding hydrogens is 635 g/mol. The Bertz CT molecular complexity index is 2470. The first kappa shape index (κ1) is 30.6. The van der Waals surface area contributed by atoms with Crippen molar-refractivity contribution in [2.45, 2.75) is 57.4 Å². The summed E-state index contributed by atoms with van der Waals surface area (Å²) in [7, 11) is 0. The Morgan fingerprint density at radius 2 is 1.43 bits per heavy atom. The van der Waals surface area contributed by atoms with Crippen molar-refractivity contribution in [3.63, 3.8) is 0 Å². The van der Waals surface area contributed by atoms with Crippen LogP contribution in [0.15, 0.2) is 145 Å². The highest BCUT2D eigenvalue weighted by molar-refractivity contribution is 7.14. The van der Waals surface area contributed by atoms with Gasteiger partial charge < -0.3 is 4.90 Å². The van der Waals surface area contributed by atoms with Crippen molar-refractivity contribution >= 4 is 39.4 Å². The van der Waals surface area contributed by atoms with E-state index in [1.807, 2.05) is 11.3 Å². The van der Waals surface area contributed by atoms with Crippen LogP contribution in [0, 0.1) is 0 Å². The maximum Gasteiger partial charge on any atom is 0.0566 e. The molecule has 2 heteroatoms. The van der Waals surface area contributed by atoms with E-state index in [1.165, 1.54) is 76.4 Å². The van der Waals surface area contributed by atoms with Crippen LogP contribution in [-0.4, -0.2) is 6.04 Å². The normalized spacial score (nSPS) is 18.0. The van der Waals surface area contributed by atoms with Crippen molar-refractivity contribution in [1.29, 1.82) is 0 Å². The van der Waals surface area contributed by atoms with Gasteiger partial charge in [-0.25, -0.2) is 0 Å². The second-order valence-corrected chi connectivity index (χ2v) is 16.0. The first-order chi connectivity index (χ1) is 25.1. The van der Waals surface area contributed by atoms with Crippen LogP contribution in [0.4, 0.5) is 5.69 Å².